The first-order chi connectivity index (χ1) is 23.3. The van der Waals surface area contributed by atoms with Gasteiger partial charge in [-0.05, 0) is 72.1 Å². The Labute approximate surface area is 285 Å². The molecule has 1 saturated heterocycles. The number of aromatic nitrogens is 2. The first-order valence-electron chi connectivity index (χ1n) is 14.9. The van der Waals surface area contributed by atoms with Gasteiger partial charge in [-0.3, -0.25) is 14.5 Å². The third kappa shape index (κ3) is 7.32. The zero-order valence-electron chi connectivity index (χ0n) is 25.8. The maximum Gasteiger partial charge on any atom is 0.301 e. The van der Waals surface area contributed by atoms with E-state index in [1.54, 1.807) is 66.7 Å². The van der Waals surface area contributed by atoms with Crippen LogP contribution in [0.1, 0.15) is 33.9 Å². The van der Waals surface area contributed by atoms with Crippen LogP contribution in [0.4, 0.5) is 9.52 Å². The van der Waals surface area contributed by atoms with Crippen molar-refractivity contribution in [3.05, 3.63) is 149 Å². The van der Waals surface area contributed by atoms with E-state index in [9.17, 15) is 19.1 Å². The molecule has 242 valence electrons. The summed E-state index contributed by atoms with van der Waals surface area (Å²) in [5, 5.41) is 20.3. The quantitative estimate of drug-likeness (QED) is 0.0353. The van der Waals surface area contributed by atoms with Gasteiger partial charge in [-0.15, -0.1) is 10.2 Å². The number of nitrogens with zero attached hydrogens (tertiary/aromatic N) is 3. The van der Waals surface area contributed by atoms with Gasteiger partial charge in [0.15, 0.2) is 4.34 Å². The van der Waals surface area contributed by atoms with E-state index in [0.717, 1.165) is 28.0 Å². The maximum absolute atomic E-state index is 13.6. The summed E-state index contributed by atoms with van der Waals surface area (Å²) in [7, 11) is 0. The standard InChI is InChI=1S/C37H30FN3O5S2/c1-3-19-45-29-15-9-26(10-16-29)32-31(33(42)27-11-17-30(18-12-27)46-21-25-6-4-5-23(2)20-25)34(43)35(44)41(32)36-39-40-37(48-36)47-22-24-7-13-28(38)14-8-24/h3-18,20,32,42H,1,19,21-22H2,2H3. The minimum atomic E-state index is -0.987. The normalized spacial score (nSPS) is 15.5. The third-order valence-corrected chi connectivity index (χ3v) is 9.63. The Morgan fingerprint density at radius 3 is 2.38 bits per heavy atom. The lowest BCUT2D eigenvalue weighted by Gasteiger charge is -2.22. The zero-order chi connectivity index (χ0) is 33.6. The van der Waals surface area contributed by atoms with E-state index >= 15 is 0 Å². The lowest BCUT2D eigenvalue weighted by Crippen LogP contribution is -2.29. The van der Waals surface area contributed by atoms with Crippen molar-refractivity contribution in [3.63, 3.8) is 0 Å². The van der Waals surface area contributed by atoms with Crippen molar-refractivity contribution in [2.75, 3.05) is 11.5 Å². The molecule has 1 N–H and O–H groups in total. The highest BCUT2D eigenvalue weighted by Gasteiger charge is 2.48. The molecular formula is C37H30FN3O5S2. The van der Waals surface area contributed by atoms with Gasteiger partial charge in [-0.25, -0.2) is 4.39 Å². The molecule has 0 radical (unpaired) electrons. The average molecular weight is 680 g/mol. The molecule has 1 aromatic heterocycles. The number of ketones is 1. The van der Waals surface area contributed by atoms with Gasteiger partial charge in [0.05, 0.1) is 11.6 Å². The van der Waals surface area contributed by atoms with Crippen molar-refractivity contribution in [3.8, 4) is 11.5 Å². The van der Waals surface area contributed by atoms with Crippen LogP contribution in [0, 0.1) is 12.7 Å². The van der Waals surface area contributed by atoms with E-state index in [-0.39, 0.29) is 22.3 Å². The number of thioether (sulfide) groups is 1. The predicted molar refractivity (Wildman–Crippen MR) is 185 cm³/mol. The molecule has 4 aromatic carbocycles. The van der Waals surface area contributed by atoms with Crippen LogP contribution >= 0.6 is 23.1 Å². The fourth-order valence-electron chi connectivity index (χ4n) is 5.16. The molecule has 1 fully saturated rings. The van der Waals surface area contributed by atoms with Crippen LogP contribution < -0.4 is 14.4 Å². The highest BCUT2D eigenvalue weighted by molar-refractivity contribution is 8.00. The van der Waals surface area contributed by atoms with E-state index in [4.69, 9.17) is 9.47 Å². The second-order valence-electron chi connectivity index (χ2n) is 10.9. The van der Waals surface area contributed by atoms with Crippen LogP contribution in [0.3, 0.4) is 0 Å². The van der Waals surface area contributed by atoms with Gasteiger partial charge in [0.25, 0.3) is 5.78 Å². The number of carbonyl (C=O) groups excluding carboxylic acids is 2. The number of carbonyl (C=O) groups is 2. The third-order valence-electron chi connectivity index (χ3n) is 7.50. The van der Waals surface area contributed by atoms with E-state index in [1.165, 1.54) is 28.8 Å². The number of amides is 1. The topological polar surface area (TPSA) is 102 Å². The molecule has 0 spiro atoms. The molecule has 2 heterocycles. The molecular weight excluding hydrogens is 650 g/mol. The molecule has 48 heavy (non-hydrogen) atoms. The molecule has 1 aliphatic heterocycles. The van der Waals surface area contributed by atoms with Crippen molar-refractivity contribution >= 4 is 45.7 Å². The van der Waals surface area contributed by atoms with Gasteiger partial charge in [-0.2, -0.15) is 0 Å². The molecule has 1 aliphatic rings. The van der Waals surface area contributed by atoms with Crippen molar-refractivity contribution < 1.29 is 28.6 Å². The fraction of sp³-hybridized carbons (Fsp3) is 0.135. The zero-order valence-corrected chi connectivity index (χ0v) is 27.5. The van der Waals surface area contributed by atoms with Gasteiger partial charge >= 0.3 is 5.91 Å². The Morgan fingerprint density at radius 1 is 0.958 bits per heavy atom. The Balaban J connectivity index is 1.30. The number of ether oxygens (including phenoxy) is 2. The first kappa shape index (κ1) is 32.7. The molecule has 0 bridgehead atoms. The summed E-state index contributed by atoms with van der Waals surface area (Å²) in [6, 6.07) is 26.8. The molecule has 11 heteroatoms. The molecule has 5 aromatic rings. The van der Waals surface area contributed by atoms with E-state index in [0.29, 0.717) is 45.9 Å². The summed E-state index contributed by atoms with van der Waals surface area (Å²) in [6.45, 7) is 6.37. The van der Waals surface area contributed by atoms with Crippen LogP contribution in [-0.4, -0.2) is 33.6 Å². The summed E-state index contributed by atoms with van der Waals surface area (Å²) >= 11 is 2.53. The minimum Gasteiger partial charge on any atom is -0.507 e. The Morgan fingerprint density at radius 2 is 1.67 bits per heavy atom. The Bertz CT molecular complexity index is 1980. The Hall–Kier alpha value is -5.26. The molecule has 1 unspecified atom stereocenters. The van der Waals surface area contributed by atoms with Crippen LogP contribution in [-0.2, 0) is 21.9 Å². The number of aliphatic hydroxyl groups excluding tert-OH is 1. The smallest absolute Gasteiger partial charge is 0.301 e. The number of rotatable bonds is 12. The molecule has 8 nitrogen and oxygen atoms in total. The van der Waals surface area contributed by atoms with Crippen LogP contribution in [0.2, 0.25) is 0 Å². The van der Waals surface area contributed by atoms with Crippen LogP contribution in [0.5, 0.6) is 11.5 Å². The number of aliphatic hydroxyl groups is 1. The van der Waals surface area contributed by atoms with E-state index in [2.05, 4.69) is 16.8 Å². The van der Waals surface area contributed by atoms with Crippen molar-refractivity contribution in [1.82, 2.24) is 10.2 Å². The summed E-state index contributed by atoms with van der Waals surface area (Å²) in [5.74, 6) is -0.660. The van der Waals surface area contributed by atoms with Gasteiger partial charge in [0.1, 0.15) is 36.3 Å². The molecule has 6 rings (SSSR count). The van der Waals surface area contributed by atoms with Crippen LogP contribution in [0.25, 0.3) is 5.76 Å². The number of Topliss-reactive ketones (excluding diaryl/α,β-unsaturated/α-hetero) is 1. The van der Waals surface area contributed by atoms with E-state index < -0.39 is 17.7 Å². The van der Waals surface area contributed by atoms with Gasteiger partial charge in [0, 0.05) is 11.3 Å². The molecule has 0 saturated carbocycles. The summed E-state index contributed by atoms with van der Waals surface area (Å²) in [6.07, 6.45) is 1.63. The Kier molecular flexibility index (Phi) is 9.98. The van der Waals surface area contributed by atoms with Crippen LogP contribution in [0.15, 0.2) is 120 Å². The summed E-state index contributed by atoms with van der Waals surface area (Å²) in [5.41, 5.74) is 3.88. The van der Waals surface area contributed by atoms with Gasteiger partial charge in [-0.1, -0.05) is 89.8 Å². The number of anilines is 1. The lowest BCUT2D eigenvalue weighted by molar-refractivity contribution is -0.132. The number of aryl methyl sites for hydroxylation is 1. The first-order valence-corrected chi connectivity index (χ1v) is 16.7. The number of hydrogen-bond donors (Lipinski definition) is 1. The fourth-order valence-corrected chi connectivity index (χ4v) is 6.99. The van der Waals surface area contributed by atoms with Gasteiger partial charge < -0.3 is 14.6 Å². The minimum absolute atomic E-state index is 0.0797. The largest absolute Gasteiger partial charge is 0.507 e. The maximum atomic E-state index is 13.6. The second kappa shape index (κ2) is 14.7. The molecule has 1 atom stereocenters. The highest BCUT2D eigenvalue weighted by atomic mass is 32.2. The number of benzene rings is 4. The van der Waals surface area contributed by atoms with Crippen molar-refractivity contribution in [1.29, 1.82) is 0 Å². The number of halogens is 1. The SMILES string of the molecule is C=CCOc1ccc(C2C(=C(O)c3ccc(OCc4cccc(C)c4)cc3)C(=O)C(=O)N2c2nnc(SCc3ccc(F)cc3)s2)cc1. The molecule has 1 amide bonds. The highest BCUT2D eigenvalue weighted by Crippen LogP contribution is 2.44. The van der Waals surface area contributed by atoms with Crippen molar-refractivity contribution in [2.45, 2.75) is 29.7 Å². The molecule has 0 aliphatic carbocycles. The van der Waals surface area contributed by atoms with Crippen molar-refractivity contribution in [2.24, 2.45) is 0 Å². The number of hydrogen-bond acceptors (Lipinski definition) is 9. The lowest BCUT2D eigenvalue weighted by atomic mass is 9.95. The summed E-state index contributed by atoms with van der Waals surface area (Å²) < 4.78 is 25.4. The average Bonchev–Trinajstić information content (AvgIpc) is 3.67. The summed E-state index contributed by atoms with van der Waals surface area (Å²) in [4.78, 5) is 28.6. The predicted octanol–water partition coefficient (Wildman–Crippen LogP) is 8.05. The van der Waals surface area contributed by atoms with E-state index in [1.807, 2.05) is 31.2 Å². The van der Waals surface area contributed by atoms with Gasteiger partial charge in [0.2, 0.25) is 5.13 Å². The second-order valence-corrected chi connectivity index (χ2v) is 13.1. The monoisotopic (exact) mass is 679 g/mol.